The van der Waals surface area contributed by atoms with Crippen molar-refractivity contribution in [3.05, 3.63) is 67.2 Å². The van der Waals surface area contributed by atoms with E-state index in [4.69, 9.17) is 9.47 Å². The Morgan fingerprint density at radius 2 is 1.86 bits per heavy atom. The second kappa shape index (κ2) is 8.80. The Morgan fingerprint density at radius 1 is 1.10 bits per heavy atom. The van der Waals surface area contributed by atoms with Crippen molar-refractivity contribution in [3.63, 3.8) is 0 Å². The van der Waals surface area contributed by atoms with E-state index in [-0.39, 0.29) is 5.91 Å². The number of anilines is 1. The molecule has 5 nitrogen and oxygen atoms in total. The van der Waals surface area contributed by atoms with E-state index >= 15 is 0 Å². The number of hydrogen-bond donors (Lipinski definition) is 1. The van der Waals surface area contributed by atoms with Gasteiger partial charge in [-0.3, -0.25) is 4.79 Å². The fraction of sp³-hybridized carbons (Fsp3) is 0.273. The Morgan fingerprint density at radius 3 is 2.59 bits per heavy atom. The van der Waals surface area contributed by atoms with Crippen LogP contribution in [0, 0.1) is 27.7 Å². The third-order valence-electron chi connectivity index (χ3n) is 4.83. The fourth-order valence-electron chi connectivity index (χ4n) is 2.84. The lowest BCUT2D eigenvalue weighted by atomic mass is 10.1. The second-order valence-electron chi connectivity index (χ2n) is 6.74. The van der Waals surface area contributed by atoms with Gasteiger partial charge in [0.05, 0.1) is 17.6 Å². The van der Waals surface area contributed by atoms with Crippen molar-refractivity contribution in [1.29, 1.82) is 0 Å². The standard InChI is InChI=1S/C22H23NO4S2/c1-12-7-6-8-17(13(12)2)27-10-16-9-18(28-11-16)20(24)23-21-19(22(25)26-5)14(3)15(4)29-21/h6-9,11H,10H2,1-5H3,(H,23,24). The van der Waals surface area contributed by atoms with Gasteiger partial charge in [-0.2, -0.15) is 0 Å². The molecule has 0 fully saturated rings. The van der Waals surface area contributed by atoms with E-state index in [2.05, 4.69) is 5.32 Å². The summed E-state index contributed by atoms with van der Waals surface area (Å²) in [4.78, 5) is 26.3. The molecule has 0 aliphatic heterocycles. The van der Waals surface area contributed by atoms with Gasteiger partial charge in [-0.1, -0.05) is 12.1 Å². The van der Waals surface area contributed by atoms with Crippen LogP contribution in [-0.2, 0) is 11.3 Å². The molecule has 0 atom stereocenters. The van der Waals surface area contributed by atoms with Crippen molar-refractivity contribution >= 4 is 39.6 Å². The minimum atomic E-state index is -0.448. The zero-order valence-electron chi connectivity index (χ0n) is 17.0. The van der Waals surface area contributed by atoms with Crippen molar-refractivity contribution in [1.82, 2.24) is 0 Å². The molecule has 29 heavy (non-hydrogen) atoms. The van der Waals surface area contributed by atoms with Gasteiger partial charge in [0.2, 0.25) is 0 Å². The Hall–Kier alpha value is -2.64. The molecule has 1 amide bonds. The third-order valence-corrected chi connectivity index (χ3v) is 6.93. The first kappa shape index (κ1) is 21.1. The summed E-state index contributed by atoms with van der Waals surface area (Å²) < 4.78 is 10.8. The molecule has 0 radical (unpaired) electrons. The van der Waals surface area contributed by atoms with Gasteiger partial charge in [-0.15, -0.1) is 22.7 Å². The number of benzene rings is 1. The SMILES string of the molecule is COC(=O)c1c(NC(=O)c2cc(COc3cccc(C)c3C)cs2)sc(C)c1C. The van der Waals surface area contributed by atoms with E-state index in [1.54, 1.807) is 0 Å². The predicted molar refractivity (Wildman–Crippen MR) is 118 cm³/mol. The number of nitrogens with one attached hydrogen (secondary N) is 1. The summed E-state index contributed by atoms with van der Waals surface area (Å²) >= 11 is 2.72. The second-order valence-corrected chi connectivity index (χ2v) is 8.87. The predicted octanol–water partition coefficient (Wildman–Crippen LogP) is 5.66. The number of ether oxygens (including phenoxy) is 2. The molecule has 3 rings (SSSR count). The Labute approximate surface area is 178 Å². The molecule has 0 spiro atoms. The van der Waals surface area contributed by atoms with Crippen LogP contribution in [0.1, 0.15) is 47.2 Å². The van der Waals surface area contributed by atoms with Gasteiger partial charge in [0.25, 0.3) is 5.91 Å². The van der Waals surface area contributed by atoms with Crippen molar-refractivity contribution in [2.75, 3.05) is 12.4 Å². The average molecular weight is 430 g/mol. The van der Waals surface area contributed by atoms with Crippen LogP contribution in [0.15, 0.2) is 29.6 Å². The van der Waals surface area contributed by atoms with Crippen LogP contribution < -0.4 is 10.1 Å². The van der Waals surface area contributed by atoms with Crippen LogP contribution >= 0.6 is 22.7 Å². The molecule has 1 N–H and O–H groups in total. The highest BCUT2D eigenvalue weighted by molar-refractivity contribution is 7.17. The highest BCUT2D eigenvalue weighted by atomic mass is 32.1. The molecular weight excluding hydrogens is 406 g/mol. The number of rotatable bonds is 6. The topological polar surface area (TPSA) is 64.6 Å². The minimum absolute atomic E-state index is 0.251. The molecular formula is C22H23NO4S2. The van der Waals surface area contributed by atoms with E-state index in [0.717, 1.165) is 27.3 Å². The van der Waals surface area contributed by atoms with E-state index in [1.807, 2.05) is 57.3 Å². The van der Waals surface area contributed by atoms with Crippen molar-refractivity contribution in [3.8, 4) is 5.75 Å². The molecule has 3 aromatic rings. The molecule has 7 heteroatoms. The molecule has 0 aliphatic carbocycles. The minimum Gasteiger partial charge on any atom is -0.489 e. The van der Waals surface area contributed by atoms with E-state index in [1.165, 1.54) is 35.3 Å². The van der Waals surface area contributed by atoms with E-state index in [9.17, 15) is 9.59 Å². The highest BCUT2D eigenvalue weighted by Crippen LogP contribution is 2.33. The molecule has 0 aliphatic rings. The van der Waals surface area contributed by atoms with Crippen LogP contribution in [-0.4, -0.2) is 19.0 Å². The van der Waals surface area contributed by atoms with Gasteiger partial charge in [0.15, 0.2) is 0 Å². The number of amides is 1. The Bertz CT molecular complexity index is 1060. The quantitative estimate of drug-likeness (QED) is 0.514. The lowest BCUT2D eigenvalue weighted by Crippen LogP contribution is -2.13. The zero-order valence-corrected chi connectivity index (χ0v) is 18.7. The van der Waals surface area contributed by atoms with Gasteiger partial charge in [0.1, 0.15) is 17.4 Å². The molecule has 0 bridgehead atoms. The third kappa shape index (κ3) is 4.52. The number of carbonyl (C=O) groups excluding carboxylic acids is 2. The maximum absolute atomic E-state index is 12.7. The molecule has 152 valence electrons. The fourth-order valence-corrected chi connectivity index (χ4v) is 4.68. The van der Waals surface area contributed by atoms with Gasteiger partial charge < -0.3 is 14.8 Å². The van der Waals surface area contributed by atoms with Crippen LogP contribution in [0.25, 0.3) is 0 Å². The molecule has 2 aromatic heterocycles. The molecule has 2 heterocycles. The summed E-state index contributed by atoms with van der Waals surface area (Å²) in [5.74, 6) is 0.143. The Kier molecular flexibility index (Phi) is 6.39. The van der Waals surface area contributed by atoms with E-state index < -0.39 is 5.97 Å². The summed E-state index contributed by atoms with van der Waals surface area (Å²) in [5, 5.41) is 5.28. The lowest BCUT2D eigenvalue weighted by Gasteiger charge is -2.09. The summed E-state index contributed by atoms with van der Waals surface area (Å²) in [6.45, 7) is 8.23. The lowest BCUT2D eigenvalue weighted by molar-refractivity contribution is 0.0601. The largest absolute Gasteiger partial charge is 0.489 e. The van der Waals surface area contributed by atoms with Gasteiger partial charge in [-0.05, 0) is 61.9 Å². The number of esters is 1. The van der Waals surface area contributed by atoms with Crippen LogP contribution in [0.5, 0.6) is 5.75 Å². The van der Waals surface area contributed by atoms with Gasteiger partial charge in [-0.25, -0.2) is 4.79 Å². The highest BCUT2D eigenvalue weighted by Gasteiger charge is 2.22. The monoisotopic (exact) mass is 429 g/mol. The summed E-state index contributed by atoms with van der Waals surface area (Å²) in [5.41, 5.74) is 4.45. The molecule has 0 saturated carbocycles. The first-order valence-corrected chi connectivity index (χ1v) is 10.8. The Balaban J connectivity index is 1.71. The zero-order chi connectivity index (χ0) is 21.1. The average Bonchev–Trinajstić information content (AvgIpc) is 3.27. The molecule has 0 saturated heterocycles. The number of thiophene rings is 2. The summed E-state index contributed by atoms with van der Waals surface area (Å²) in [6.07, 6.45) is 0. The number of aryl methyl sites for hydroxylation is 2. The summed E-state index contributed by atoms with van der Waals surface area (Å²) in [6, 6.07) is 7.77. The van der Waals surface area contributed by atoms with E-state index in [0.29, 0.717) is 22.0 Å². The number of methoxy groups -OCH3 is 1. The normalized spacial score (nSPS) is 10.7. The van der Waals surface area contributed by atoms with Gasteiger partial charge >= 0.3 is 5.97 Å². The first-order valence-electron chi connectivity index (χ1n) is 9.08. The maximum atomic E-state index is 12.7. The molecule has 1 aromatic carbocycles. The van der Waals surface area contributed by atoms with Crippen molar-refractivity contribution in [2.45, 2.75) is 34.3 Å². The van der Waals surface area contributed by atoms with Gasteiger partial charge in [0, 0.05) is 10.4 Å². The van der Waals surface area contributed by atoms with Crippen molar-refractivity contribution in [2.24, 2.45) is 0 Å². The van der Waals surface area contributed by atoms with Crippen LogP contribution in [0.2, 0.25) is 0 Å². The number of hydrogen-bond acceptors (Lipinski definition) is 6. The van der Waals surface area contributed by atoms with Crippen LogP contribution in [0.4, 0.5) is 5.00 Å². The summed E-state index contributed by atoms with van der Waals surface area (Å²) in [7, 11) is 1.34. The number of carbonyl (C=O) groups is 2. The molecule has 0 unspecified atom stereocenters. The van der Waals surface area contributed by atoms with Crippen molar-refractivity contribution < 1.29 is 19.1 Å². The smallest absolute Gasteiger partial charge is 0.341 e. The first-order chi connectivity index (χ1) is 13.8. The van der Waals surface area contributed by atoms with Crippen LogP contribution in [0.3, 0.4) is 0 Å². The maximum Gasteiger partial charge on any atom is 0.341 e.